The van der Waals surface area contributed by atoms with E-state index < -0.39 is 5.97 Å². The van der Waals surface area contributed by atoms with Gasteiger partial charge in [-0.3, -0.25) is 14.2 Å². The van der Waals surface area contributed by atoms with E-state index in [2.05, 4.69) is 15.1 Å². The van der Waals surface area contributed by atoms with Gasteiger partial charge < -0.3 is 9.72 Å². The Kier molecular flexibility index (Phi) is 5.24. The van der Waals surface area contributed by atoms with E-state index >= 15 is 0 Å². The van der Waals surface area contributed by atoms with Gasteiger partial charge in [-0.25, -0.2) is 14.5 Å². The molecule has 0 atom stereocenters. The van der Waals surface area contributed by atoms with Gasteiger partial charge in [-0.2, -0.15) is 5.10 Å². The van der Waals surface area contributed by atoms with Crippen LogP contribution in [0.25, 0.3) is 16.7 Å². The maximum atomic E-state index is 12.9. The number of aromatic amines is 1. The third kappa shape index (κ3) is 3.54. The number of para-hydroxylation sites is 1. The van der Waals surface area contributed by atoms with Crippen LogP contribution in [0.15, 0.2) is 47.7 Å². The third-order valence-electron chi connectivity index (χ3n) is 5.07. The fourth-order valence-corrected chi connectivity index (χ4v) is 3.59. The molecule has 3 heterocycles. The number of Topliss-reactive ketones (excluding diaryl/α,β-unsaturated/α-hetero) is 1. The standard InChI is InChI=1S/C22H21N5O4/c1-4-31-22(30)18-13(2)19(25-14(18)3)17(28)11-26-12-23-20-16(21(26)29)10-24-27(20)15-8-6-5-7-9-15/h5-10,12,25H,4,11H2,1-3H3. The molecule has 0 aliphatic carbocycles. The Morgan fingerprint density at radius 3 is 2.61 bits per heavy atom. The van der Waals surface area contributed by atoms with Gasteiger partial charge in [0.05, 0.1) is 36.3 Å². The molecule has 1 aromatic carbocycles. The Bertz CT molecular complexity index is 1350. The second-order valence-electron chi connectivity index (χ2n) is 7.08. The van der Waals surface area contributed by atoms with E-state index in [0.29, 0.717) is 27.9 Å². The number of carbonyl (C=O) groups is 2. The zero-order valence-corrected chi connectivity index (χ0v) is 17.4. The Morgan fingerprint density at radius 2 is 1.90 bits per heavy atom. The van der Waals surface area contributed by atoms with Gasteiger partial charge in [0, 0.05) is 5.69 Å². The van der Waals surface area contributed by atoms with Crippen LogP contribution >= 0.6 is 0 Å². The number of fused-ring (bicyclic) bond motifs is 1. The fraction of sp³-hybridized carbons (Fsp3) is 0.227. The highest BCUT2D eigenvalue weighted by Crippen LogP contribution is 2.20. The van der Waals surface area contributed by atoms with Gasteiger partial charge in [0.1, 0.15) is 11.7 Å². The zero-order chi connectivity index (χ0) is 22.1. The van der Waals surface area contributed by atoms with Crippen LogP contribution in [-0.2, 0) is 11.3 Å². The summed E-state index contributed by atoms with van der Waals surface area (Å²) in [5, 5.41) is 4.58. The average molecular weight is 419 g/mol. The number of esters is 1. The van der Waals surface area contributed by atoms with E-state index in [9.17, 15) is 14.4 Å². The summed E-state index contributed by atoms with van der Waals surface area (Å²) in [6.07, 6.45) is 2.78. The molecule has 0 radical (unpaired) electrons. The van der Waals surface area contributed by atoms with Gasteiger partial charge >= 0.3 is 5.97 Å². The molecule has 3 aromatic heterocycles. The number of hydrogen-bond acceptors (Lipinski definition) is 6. The summed E-state index contributed by atoms with van der Waals surface area (Å²) in [6.45, 7) is 5.12. The molecule has 0 fully saturated rings. The lowest BCUT2D eigenvalue weighted by Gasteiger charge is -2.06. The molecule has 31 heavy (non-hydrogen) atoms. The first kappa shape index (κ1) is 20.3. The number of hydrogen-bond donors (Lipinski definition) is 1. The van der Waals surface area contributed by atoms with Crippen LogP contribution in [0.1, 0.15) is 39.0 Å². The monoisotopic (exact) mass is 419 g/mol. The summed E-state index contributed by atoms with van der Waals surface area (Å²) in [5.74, 6) is -0.823. The van der Waals surface area contributed by atoms with E-state index in [4.69, 9.17) is 4.74 Å². The first-order valence-corrected chi connectivity index (χ1v) is 9.80. The fourth-order valence-electron chi connectivity index (χ4n) is 3.59. The minimum absolute atomic E-state index is 0.221. The summed E-state index contributed by atoms with van der Waals surface area (Å²) in [4.78, 5) is 45.3. The van der Waals surface area contributed by atoms with Crippen molar-refractivity contribution in [1.29, 1.82) is 0 Å². The van der Waals surface area contributed by atoms with Crippen molar-refractivity contribution in [2.45, 2.75) is 27.3 Å². The van der Waals surface area contributed by atoms with Gasteiger partial charge in [-0.15, -0.1) is 0 Å². The number of aromatic nitrogens is 5. The lowest BCUT2D eigenvalue weighted by atomic mass is 10.1. The van der Waals surface area contributed by atoms with Crippen LogP contribution in [0.4, 0.5) is 0 Å². The number of rotatable bonds is 6. The Balaban J connectivity index is 1.66. The van der Waals surface area contributed by atoms with E-state index in [1.165, 1.54) is 17.1 Å². The first-order chi connectivity index (χ1) is 14.9. The summed E-state index contributed by atoms with van der Waals surface area (Å²) >= 11 is 0. The molecule has 0 saturated carbocycles. The van der Waals surface area contributed by atoms with Crippen LogP contribution in [0.2, 0.25) is 0 Å². The van der Waals surface area contributed by atoms with E-state index in [0.717, 1.165) is 5.69 Å². The van der Waals surface area contributed by atoms with Gasteiger partial charge in [0.15, 0.2) is 11.4 Å². The number of carbonyl (C=O) groups excluding carboxylic acids is 2. The molecule has 9 nitrogen and oxygen atoms in total. The third-order valence-corrected chi connectivity index (χ3v) is 5.07. The molecule has 158 valence electrons. The molecule has 4 rings (SSSR count). The number of aryl methyl sites for hydroxylation is 1. The van der Waals surface area contributed by atoms with Crippen molar-refractivity contribution in [1.82, 2.24) is 24.3 Å². The van der Waals surface area contributed by atoms with Crippen molar-refractivity contribution in [3.05, 3.63) is 75.7 Å². The smallest absolute Gasteiger partial charge is 0.340 e. The minimum Gasteiger partial charge on any atom is -0.462 e. The number of nitrogens with one attached hydrogen (secondary N) is 1. The van der Waals surface area contributed by atoms with Crippen molar-refractivity contribution in [2.24, 2.45) is 0 Å². The zero-order valence-electron chi connectivity index (χ0n) is 17.4. The van der Waals surface area contributed by atoms with Gasteiger partial charge in [-0.1, -0.05) is 18.2 Å². The van der Waals surface area contributed by atoms with Crippen molar-refractivity contribution >= 4 is 22.8 Å². The second-order valence-corrected chi connectivity index (χ2v) is 7.08. The molecule has 0 aliphatic rings. The van der Waals surface area contributed by atoms with E-state index in [1.807, 2.05) is 30.3 Å². The van der Waals surface area contributed by atoms with Gasteiger partial charge in [-0.05, 0) is 38.5 Å². The predicted octanol–water partition coefficient (Wildman–Crippen LogP) is 2.59. The highest BCUT2D eigenvalue weighted by molar-refractivity contribution is 6.01. The van der Waals surface area contributed by atoms with Crippen molar-refractivity contribution in [2.75, 3.05) is 6.61 Å². The van der Waals surface area contributed by atoms with Gasteiger partial charge in [0.2, 0.25) is 0 Å². The van der Waals surface area contributed by atoms with Gasteiger partial charge in [0.25, 0.3) is 5.56 Å². The minimum atomic E-state index is -0.485. The SMILES string of the molecule is CCOC(=O)c1c(C)[nH]c(C(=O)Cn2cnc3c(cnn3-c3ccccc3)c2=O)c1C. The maximum absolute atomic E-state index is 12.9. The summed E-state index contributed by atoms with van der Waals surface area (Å²) in [5.41, 5.74) is 2.48. The average Bonchev–Trinajstić information content (AvgIpc) is 3.32. The second kappa shape index (κ2) is 8.02. The van der Waals surface area contributed by atoms with Crippen LogP contribution < -0.4 is 5.56 Å². The molecule has 0 bridgehead atoms. The van der Waals surface area contributed by atoms with Crippen molar-refractivity contribution in [3.63, 3.8) is 0 Å². The maximum Gasteiger partial charge on any atom is 0.340 e. The lowest BCUT2D eigenvalue weighted by Crippen LogP contribution is -2.25. The lowest BCUT2D eigenvalue weighted by molar-refractivity contribution is 0.0525. The Morgan fingerprint density at radius 1 is 1.16 bits per heavy atom. The highest BCUT2D eigenvalue weighted by Gasteiger charge is 2.23. The number of H-pyrrole nitrogens is 1. The molecule has 0 saturated heterocycles. The van der Waals surface area contributed by atoms with Crippen molar-refractivity contribution < 1.29 is 14.3 Å². The molecular weight excluding hydrogens is 398 g/mol. The van der Waals surface area contributed by atoms with Crippen LogP contribution in [0, 0.1) is 13.8 Å². The van der Waals surface area contributed by atoms with Crippen molar-refractivity contribution in [3.8, 4) is 5.69 Å². The Labute approximate surface area is 177 Å². The molecule has 1 N–H and O–H groups in total. The molecule has 0 aliphatic heterocycles. The summed E-state index contributed by atoms with van der Waals surface area (Å²) < 4.78 is 7.88. The Hall–Kier alpha value is -4.01. The van der Waals surface area contributed by atoms with E-state index in [1.54, 1.807) is 25.5 Å². The molecular formula is C22H21N5O4. The molecule has 9 heteroatoms. The molecule has 0 spiro atoms. The summed E-state index contributed by atoms with van der Waals surface area (Å²) in [6, 6.07) is 9.35. The van der Waals surface area contributed by atoms with Crippen LogP contribution in [0.5, 0.6) is 0 Å². The van der Waals surface area contributed by atoms with Crippen LogP contribution in [0.3, 0.4) is 0 Å². The van der Waals surface area contributed by atoms with Crippen LogP contribution in [-0.4, -0.2) is 42.7 Å². The highest BCUT2D eigenvalue weighted by atomic mass is 16.5. The molecule has 0 amide bonds. The first-order valence-electron chi connectivity index (χ1n) is 9.80. The number of ketones is 1. The largest absolute Gasteiger partial charge is 0.462 e. The number of nitrogens with zero attached hydrogens (tertiary/aromatic N) is 4. The molecule has 0 unspecified atom stereocenters. The van der Waals surface area contributed by atoms with E-state index in [-0.39, 0.29) is 30.2 Å². The predicted molar refractivity (Wildman–Crippen MR) is 114 cm³/mol. The number of ether oxygens (including phenoxy) is 1. The topological polar surface area (TPSA) is 112 Å². The number of benzene rings is 1. The summed E-state index contributed by atoms with van der Waals surface area (Å²) in [7, 11) is 0. The molecule has 4 aromatic rings. The normalized spacial score (nSPS) is 11.1. The quantitative estimate of drug-likeness (QED) is 0.380.